The fourth-order valence-corrected chi connectivity index (χ4v) is 2.79. The van der Waals surface area contributed by atoms with Crippen molar-refractivity contribution in [3.8, 4) is 5.88 Å². The molecule has 0 bridgehead atoms. The highest BCUT2D eigenvalue weighted by molar-refractivity contribution is 5.90. The van der Waals surface area contributed by atoms with Crippen molar-refractivity contribution in [3.63, 3.8) is 0 Å². The van der Waals surface area contributed by atoms with Crippen LogP contribution in [0.2, 0.25) is 0 Å². The van der Waals surface area contributed by atoms with E-state index in [1.165, 1.54) is 30.3 Å². The van der Waals surface area contributed by atoms with Gasteiger partial charge in [0, 0.05) is 18.6 Å². The largest absolute Gasteiger partial charge is 0.480 e. The second kappa shape index (κ2) is 6.37. The summed E-state index contributed by atoms with van der Waals surface area (Å²) < 4.78 is 18.0. The van der Waals surface area contributed by atoms with Gasteiger partial charge in [-0.25, -0.2) is 14.2 Å². The van der Waals surface area contributed by atoms with Gasteiger partial charge in [0.1, 0.15) is 11.4 Å². The lowest BCUT2D eigenvalue weighted by molar-refractivity contribution is -0.404. The van der Waals surface area contributed by atoms with Crippen molar-refractivity contribution >= 4 is 11.7 Å². The van der Waals surface area contributed by atoms with Gasteiger partial charge in [0.05, 0.1) is 30.8 Å². The van der Waals surface area contributed by atoms with Gasteiger partial charge in [0.25, 0.3) is 0 Å². The van der Waals surface area contributed by atoms with Crippen LogP contribution in [0.5, 0.6) is 5.88 Å². The zero-order valence-electron chi connectivity index (χ0n) is 13.4. The molecule has 1 aromatic carbocycles. The molecule has 1 aliphatic rings. The smallest absolute Gasteiger partial charge is 0.341 e. The summed E-state index contributed by atoms with van der Waals surface area (Å²) in [6, 6.07) is 6.20. The Morgan fingerprint density at radius 1 is 1.32 bits per heavy atom. The topological polar surface area (TPSA) is 103 Å². The molecule has 8 nitrogen and oxygen atoms in total. The van der Waals surface area contributed by atoms with Crippen molar-refractivity contribution in [3.05, 3.63) is 53.0 Å². The third-order valence-electron chi connectivity index (χ3n) is 4.11. The Hall–Kier alpha value is -2.59. The van der Waals surface area contributed by atoms with Crippen LogP contribution in [-0.2, 0) is 13.0 Å². The molecule has 2 heterocycles. The van der Waals surface area contributed by atoms with E-state index in [-0.39, 0.29) is 30.2 Å². The van der Waals surface area contributed by atoms with Gasteiger partial charge in [0.2, 0.25) is 11.6 Å². The molecule has 0 saturated carbocycles. The van der Waals surface area contributed by atoms with Gasteiger partial charge >= 0.3 is 5.97 Å². The molecule has 0 aliphatic carbocycles. The van der Waals surface area contributed by atoms with Crippen LogP contribution < -0.4 is 9.66 Å². The number of ether oxygens (including phenoxy) is 1. The van der Waals surface area contributed by atoms with Crippen LogP contribution in [0.25, 0.3) is 0 Å². The van der Waals surface area contributed by atoms with E-state index < -0.39 is 16.7 Å². The first-order valence-electron chi connectivity index (χ1n) is 7.49. The molecule has 0 amide bonds. The third-order valence-corrected chi connectivity index (χ3v) is 4.11. The van der Waals surface area contributed by atoms with E-state index in [1.54, 1.807) is 0 Å². The molecule has 9 heteroatoms. The van der Waals surface area contributed by atoms with E-state index in [0.29, 0.717) is 17.7 Å². The number of nitrogens with zero attached hydrogens (tertiary/aromatic N) is 3. The molecule has 2 aromatic rings. The van der Waals surface area contributed by atoms with Crippen molar-refractivity contribution in [2.45, 2.75) is 13.0 Å². The number of halogens is 1. The van der Waals surface area contributed by atoms with Gasteiger partial charge in [-0.05, 0) is 23.8 Å². The molecule has 0 saturated heterocycles. The highest BCUT2D eigenvalue weighted by Gasteiger charge is 2.39. The number of aromatic nitrogens is 1. The van der Waals surface area contributed by atoms with Crippen LogP contribution in [0.1, 0.15) is 21.6 Å². The number of rotatable bonds is 4. The molecule has 3 rings (SSSR count). The number of pyridine rings is 1. The molecule has 0 spiro atoms. The second-order valence-electron chi connectivity index (χ2n) is 5.64. The fourth-order valence-electron chi connectivity index (χ4n) is 2.79. The van der Waals surface area contributed by atoms with Gasteiger partial charge in [-0.15, -0.1) is 0 Å². The van der Waals surface area contributed by atoms with Crippen LogP contribution in [0.4, 0.5) is 10.1 Å². The molecule has 0 atom stereocenters. The Labute approximate surface area is 142 Å². The molecule has 132 valence electrons. The van der Waals surface area contributed by atoms with Gasteiger partial charge in [-0.3, -0.25) is 0 Å². The number of carboxylic acids is 1. The van der Waals surface area contributed by atoms with Crippen LogP contribution >= 0.6 is 0 Å². The minimum atomic E-state index is -1.56. The van der Waals surface area contributed by atoms with Crippen molar-refractivity contribution in [2.75, 3.05) is 13.7 Å². The summed E-state index contributed by atoms with van der Waals surface area (Å²) >= 11 is 0. The zero-order valence-corrected chi connectivity index (χ0v) is 13.4. The van der Waals surface area contributed by atoms with Crippen LogP contribution in [0.15, 0.2) is 30.3 Å². The first-order chi connectivity index (χ1) is 11.8. The first kappa shape index (κ1) is 17.2. The number of hydrogen-bond donors (Lipinski definition) is 3. The summed E-state index contributed by atoms with van der Waals surface area (Å²) in [5.74, 6) is -1.65. The number of methoxy groups -OCH3 is 1. The Morgan fingerprint density at radius 2 is 2.00 bits per heavy atom. The molecular formula is C16H17FN3O5+. The maximum absolute atomic E-state index is 13.0. The van der Waals surface area contributed by atoms with E-state index in [0.717, 1.165) is 12.1 Å². The average molecular weight is 350 g/mol. The Bertz CT molecular complexity index is 810. The minimum Gasteiger partial charge on any atom is -0.480 e. The van der Waals surface area contributed by atoms with E-state index in [9.17, 15) is 24.7 Å². The van der Waals surface area contributed by atoms with Crippen LogP contribution in [-0.4, -0.2) is 45.1 Å². The van der Waals surface area contributed by atoms with Crippen molar-refractivity contribution in [1.29, 1.82) is 0 Å². The average Bonchev–Trinajstić information content (AvgIpc) is 2.60. The number of benzene rings is 1. The first-order valence-corrected chi connectivity index (χ1v) is 7.49. The van der Waals surface area contributed by atoms with E-state index in [1.807, 2.05) is 0 Å². The van der Waals surface area contributed by atoms with Crippen LogP contribution in [0.3, 0.4) is 0 Å². The third kappa shape index (κ3) is 3.17. The molecule has 0 fully saturated rings. The number of quaternary nitrogens is 1. The Kier molecular flexibility index (Phi) is 4.39. The van der Waals surface area contributed by atoms with Crippen molar-refractivity contribution in [1.82, 2.24) is 14.9 Å². The highest BCUT2D eigenvalue weighted by Crippen LogP contribution is 2.29. The predicted octanol–water partition coefficient (Wildman–Crippen LogP) is 1.99. The maximum atomic E-state index is 13.0. The van der Waals surface area contributed by atoms with Gasteiger partial charge < -0.3 is 9.84 Å². The fraction of sp³-hybridized carbons (Fsp3) is 0.250. The number of aromatic carboxylic acids is 1. The molecule has 1 aromatic heterocycles. The highest BCUT2D eigenvalue weighted by atomic mass is 19.1. The van der Waals surface area contributed by atoms with E-state index in [2.05, 4.69) is 4.98 Å². The molecule has 3 N–H and O–H groups in total. The van der Waals surface area contributed by atoms with E-state index >= 15 is 0 Å². The predicted molar refractivity (Wildman–Crippen MR) is 83.6 cm³/mol. The van der Waals surface area contributed by atoms with Gasteiger partial charge in [-0.1, -0.05) is 5.01 Å². The number of carbonyl (C=O) groups is 1. The normalized spacial score (nSPS) is 14.9. The summed E-state index contributed by atoms with van der Waals surface area (Å²) in [5.41, 5.74) is 1.15. The molecule has 0 radical (unpaired) electrons. The lowest BCUT2D eigenvalue weighted by Gasteiger charge is -2.34. The maximum Gasteiger partial charge on any atom is 0.341 e. The number of fused-ring (bicyclic) bond motifs is 1. The standard InChI is InChI=1S/C16H16FN3O5/c1-25-15-13(16(21)22)8-10-9-19(7-6-14(10)18-15)20(23,24)12-4-2-11(17)3-5-12/h2-5,8,23-24H,6-7,9H2,1H3/p+1. The summed E-state index contributed by atoms with van der Waals surface area (Å²) in [6.45, 7) is 0.303. The zero-order chi connectivity index (χ0) is 18.2. The van der Waals surface area contributed by atoms with Crippen molar-refractivity contribution < 1.29 is 29.4 Å². The molecule has 0 unspecified atom stereocenters. The Morgan fingerprint density at radius 3 is 2.60 bits per heavy atom. The second-order valence-corrected chi connectivity index (χ2v) is 5.64. The minimum absolute atomic E-state index is 0.0204. The number of hydrogen-bond acceptors (Lipinski definition) is 6. The summed E-state index contributed by atoms with van der Waals surface area (Å²) in [7, 11) is 1.34. The quantitative estimate of drug-likeness (QED) is 0.572. The van der Waals surface area contributed by atoms with E-state index in [4.69, 9.17) is 4.74 Å². The number of carboxylic acid groups (broad SMARTS) is 1. The Balaban J connectivity index is 1.93. The van der Waals surface area contributed by atoms with Gasteiger partial charge in [-0.2, -0.15) is 10.4 Å². The summed E-state index contributed by atoms with van der Waals surface area (Å²) in [4.78, 5) is 14.0. The lowest BCUT2D eigenvalue weighted by Crippen LogP contribution is -2.58. The lowest BCUT2D eigenvalue weighted by atomic mass is 10.0. The molecule has 25 heavy (non-hydrogen) atoms. The van der Waals surface area contributed by atoms with Crippen molar-refractivity contribution in [2.24, 2.45) is 0 Å². The summed E-state index contributed by atoms with van der Waals surface area (Å²) in [6.07, 6.45) is 0.369. The molecule has 1 aliphatic heterocycles. The van der Waals surface area contributed by atoms with Gasteiger partial charge in [0.15, 0.2) is 0 Å². The summed E-state index contributed by atoms with van der Waals surface area (Å²) in [5, 5.41) is 31.4. The monoisotopic (exact) mass is 350 g/mol. The molecular weight excluding hydrogens is 333 g/mol. The van der Waals surface area contributed by atoms with Crippen LogP contribution in [0, 0.1) is 5.82 Å². The SMILES string of the molecule is COc1nc2c(cc1C(=O)O)CN([N+](O)(O)c1ccc(F)cc1)CC2.